The van der Waals surface area contributed by atoms with Crippen LogP contribution in [0, 0.1) is 0 Å². The molecule has 0 amide bonds. The van der Waals surface area contributed by atoms with Crippen molar-refractivity contribution in [3.63, 3.8) is 0 Å². The zero-order valence-corrected chi connectivity index (χ0v) is 31.9. The molecule has 1 aliphatic carbocycles. The number of benzene rings is 10. The van der Waals surface area contributed by atoms with Crippen LogP contribution in [0.25, 0.3) is 54.6 Å². The van der Waals surface area contributed by atoms with Gasteiger partial charge in [-0.3, -0.25) is 0 Å². The SMILES string of the molecule is c1ccc(-c2cc3ccccc3cc2N(c2ccc3c(c2)Sc2ccccc2C32c3ccccc3-c3cccc4cccc2c34)c2ccc3ccccc3c2)cc1. The first-order valence-electron chi connectivity index (χ1n) is 19.7. The van der Waals surface area contributed by atoms with E-state index in [4.69, 9.17) is 0 Å². The summed E-state index contributed by atoms with van der Waals surface area (Å²) in [5.41, 5.74) is 13.3. The van der Waals surface area contributed by atoms with Crippen LogP contribution in [-0.4, -0.2) is 0 Å². The van der Waals surface area contributed by atoms with Crippen molar-refractivity contribution in [3.8, 4) is 22.3 Å². The smallest absolute Gasteiger partial charge is 0.0735 e. The molecule has 1 spiro atoms. The van der Waals surface area contributed by atoms with Crippen LogP contribution in [-0.2, 0) is 5.41 Å². The molecule has 1 unspecified atom stereocenters. The van der Waals surface area contributed by atoms with Crippen molar-refractivity contribution in [1.82, 2.24) is 0 Å². The van der Waals surface area contributed by atoms with Gasteiger partial charge in [-0.25, -0.2) is 0 Å². The summed E-state index contributed by atoms with van der Waals surface area (Å²) in [6.45, 7) is 0. The van der Waals surface area contributed by atoms with Gasteiger partial charge in [0.2, 0.25) is 0 Å². The van der Waals surface area contributed by atoms with E-state index in [-0.39, 0.29) is 0 Å². The average Bonchev–Trinajstić information content (AvgIpc) is 3.28. The molecule has 12 rings (SSSR count). The molecule has 57 heavy (non-hydrogen) atoms. The molecule has 0 bridgehead atoms. The monoisotopic (exact) mass is 741 g/mol. The number of nitrogens with zero attached hydrogens (tertiary/aromatic N) is 1. The highest BCUT2D eigenvalue weighted by atomic mass is 32.2. The fourth-order valence-corrected chi connectivity index (χ4v) is 11.1. The van der Waals surface area contributed by atoms with E-state index in [9.17, 15) is 0 Å². The van der Waals surface area contributed by atoms with E-state index in [0.717, 1.165) is 17.1 Å². The van der Waals surface area contributed by atoms with Crippen LogP contribution in [0.15, 0.2) is 222 Å². The number of hydrogen-bond donors (Lipinski definition) is 0. The Kier molecular flexibility index (Phi) is 7.14. The standard InChI is InChI=1S/C55H35NS/c1-2-15-37(16-3-1)46-33-40-18-6-7-19-41(40)34-51(46)56(42-29-28-36-14-4-5-17-39(36)32-42)43-30-31-49-53(35-43)57-52-27-11-10-25-48(52)55(49)47-24-9-8-22-44(47)45-23-12-20-38-21-13-26-50(55)54(38)45/h1-35H. The van der Waals surface area contributed by atoms with Crippen LogP contribution in [0.2, 0.25) is 0 Å². The summed E-state index contributed by atoms with van der Waals surface area (Å²) < 4.78 is 0. The van der Waals surface area contributed by atoms with Gasteiger partial charge in [0.25, 0.3) is 0 Å². The Morgan fingerprint density at radius 3 is 1.75 bits per heavy atom. The van der Waals surface area contributed by atoms with Gasteiger partial charge in [0.05, 0.1) is 11.1 Å². The number of rotatable bonds is 4. The lowest BCUT2D eigenvalue weighted by Crippen LogP contribution is -2.36. The van der Waals surface area contributed by atoms with Crippen molar-refractivity contribution < 1.29 is 0 Å². The highest BCUT2D eigenvalue weighted by Crippen LogP contribution is 2.62. The molecule has 0 fully saturated rings. The third kappa shape index (κ3) is 4.78. The predicted octanol–water partition coefficient (Wildman–Crippen LogP) is 15.1. The Morgan fingerprint density at radius 2 is 0.912 bits per heavy atom. The van der Waals surface area contributed by atoms with Gasteiger partial charge in [-0.05, 0) is 114 Å². The van der Waals surface area contributed by atoms with Crippen LogP contribution in [0.1, 0.15) is 22.3 Å². The summed E-state index contributed by atoms with van der Waals surface area (Å²) in [6.07, 6.45) is 0. The summed E-state index contributed by atoms with van der Waals surface area (Å²) in [4.78, 5) is 5.05. The molecule has 2 heteroatoms. The van der Waals surface area contributed by atoms with Gasteiger partial charge >= 0.3 is 0 Å². The fourth-order valence-electron chi connectivity index (χ4n) is 9.83. The topological polar surface area (TPSA) is 3.24 Å². The van der Waals surface area contributed by atoms with E-state index < -0.39 is 5.41 Å². The lowest BCUT2D eigenvalue weighted by atomic mass is 9.59. The lowest BCUT2D eigenvalue weighted by molar-refractivity contribution is 0.707. The maximum atomic E-state index is 2.49. The van der Waals surface area contributed by atoms with E-state index in [2.05, 4.69) is 217 Å². The first kappa shape index (κ1) is 32.4. The molecule has 0 aromatic heterocycles. The molecular formula is C55H35NS. The molecule has 0 saturated heterocycles. The minimum absolute atomic E-state index is 0.494. The molecule has 266 valence electrons. The third-order valence-corrected chi connectivity index (χ3v) is 13.4. The molecule has 0 N–H and O–H groups in total. The van der Waals surface area contributed by atoms with E-state index in [0.29, 0.717) is 0 Å². The normalized spacial score (nSPS) is 15.0. The Labute approximate surface area is 336 Å². The number of fused-ring (bicyclic) bond motifs is 10. The minimum Gasteiger partial charge on any atom is -0.310 e. The maximum Gasteiger partial charge on any atom is 0.0735 e. The van der Waals surface area contributed by atoms with Crippen LogP contribution < -0.4 is 4.90 Å². The molecule has 1 heterocycles. The van der Waals surface area contributed by atoms with Crippen molar-refractivity contribution in [2.24, 2.45) is 0 Å². The lowest BCUT2D eigenvalue weighted by Gasteiger charge is -2.46. The van der Waals surface area contributed by atoms with E-state index in [1.807, 2.05) is 11.8 Å². The third-order valence-electron chi connectivity index (χ3n) is 12.2. The molecule has 2 aliphatic rings. The highest BCUT2D eigenvalue weighted by molar-refractivity contribution is 7.99. The van der Waals surface area contributed by atoms with E-state index >= 15 is 0 Å². The zero-order valence-electron chi connectivity index (χ0n) is 31.1. The van der Waals surface area contributed by atoms with Gasteiger partial charge in [0, 0.05) is 26.7 Å². The van der Waals surface area contributed by atoms with Gasteiger partial charge in [-0.2, -0.15) is 0 Å². The van der Waals surface area contributed by atoms with Crippen LogP contribution in [0.5, 0.6) is 0 Å². The average molecular weight is 742 g/mol. The zero-order chi connectivity index (χ0) is 37.5. The fraction of sp³-hybridized carbons (Fsp3) is 0.0182. The van der Waals surface area contributed by atoms with E-state index in [1.165, 1.54) is 86.6 Å². The Hall–Kier alpha value is -6.87. The Morgan fingerprint density at radius 1 is 0.333 bits per heavy atom. The van der Waals surface area contributed by atoms with Gasteiger partial charge < -0.3 is 4.90 Å². The first-order chi connectivity index (χ1) is 28.3. The summed E-state index contributed by atoms with van der Waals surface area (Å²) in [5, 5.41) is 7.50. The molecular weight excluding hydrogens is 707 g/mol. The highest BCUT2D eigenvalue weighted by Gasteiger charge is 2.48. The van der Waals surface area contributed by atoms with Crippen molar-refractivity contribution >= 4 is 61.1 Å². The van der Waals surface area contributed by atoms with Gasteiger partial charge in [0.1, 0.15) is 0 Å². The Bertz CT molecular complexity index is 3230. The maximum absolute atomic E-state index is 2.49. The van der Waals surface area contributed by atoms with Gasteiger partial charge in [-0.1, -0.05) is 182 Å². The van der Waals surface area contributed by atoms with Crippen molar-refractivity contribution in [3.05, 3.63) is 235 Å². The van der Waals surface area contributed by atoms with Crippen molar-refractivity contribution in [1.29, 1.82) is 0 Å². The largest absolute Gasteiger partial charge is 0.310 e. The minimum atomic E-state index is -0.494. The van der Waals surface area contributed by atoms with Gasteiger partial charge in [0.15, 0.2) is 0 Å². The molecule has 10 aromatic carbocycles. The van der Waals surface area contributed by atoms with E-state index in [1.54, 1.807) is 0 Å². The van der Waals surface area contributed by atoms with Crippen molar-refractivity contribution in [2.45, 2.75) is 15.2 Å². The molecule has 1 atom stereocenters. The predicted molar refractivity (Wildman–Crippen MR) is 241 cm³/mol. The molecule has 0 saturated carbocycles. The van der Waals surface area contributed by atoms with Crippen LogP contribution in [0.3, 0.4) is 0 Å². The van der Waals surface area contributed by atoms with Crippen LogP contribution in [0.4, 0.5) is 17.1 Å². The first-order valence-corrected chi connectivity index (χ1v) is 20.5. The summed E-state index contributed by atoms with van der Waals surface area (Å²) >= 11 is 1.90. The molecule has 10 aromatic rings. The van der Waals surface area contributed by atoms with Crippen LogP contribution >= 0.6 is 11.8 Å². The number of hydrogen-bond acceptors (Lipinski definition) is 2. The molecule has 1 nitrogen and oxygen atoms in total. The molecule has 1 aliphatic heterocycles. The number of anilines is 3. The quantitative estimate of drug-likeness (QED) is 0.177. The summed E-state index contributed by atoms with van der Waals surface area (Å²) in [7, 11) is 0. The van der Waals surface area contributed by atoms with Gasteiger partial charge in [-0.15, -0.1) is 0 Å². The second kappa shape index (κ2) is 12.6. The Balaban J connectivity index is 1.16. The molecule has 0 radical (unpaired) electrons. The summed E-state index contributed by atoms with van der Waals surface area (Å²) in [6, 6.07) is 79.0. The van der Waals surface area contributed by atoms with Crippen molar-refractivity contribution in [2.75, 3.05) is 4.90 Å². The second-order valence-corrected chi connectivity index (χ2v) is 16.3. The summed E-state index contributed by atoms with van der Waals surface area (Å²) in [5.74, 6) is 0. The second-order valence-electron chi connectivity index (χ2n) is 15.2.